The van der Waals surface area contributed by atoms with Crippen LogP contribution in [-0.4, -0.2) is 34.2 Å². The molecule has 1 aromatic rings. The Morgan fingerprint density at radius 2 is 2.10 bits per heavy atom. The molecule has 1 aromatic heterocycles. The molecule has 3 N–H and O–H groups in total. The predicted molar refractivity (Wildman–Crippen MR) is 73.9 cm³/mol. The van der Waals surface area contributed by atoms with Crippen LogP contribution < -0.4 is 15.4 Å². The molecule has 0 aliphatic heterocycles. The maximum atomic E-state index is 11.7. The van der Waals surface area contributed by atoms with Crippen LogP contribution in [0.2, 0.25) is 0 Å². The van der Waals surface area contributed by atoms with Gasteiger partial charge in [-0.3, -0.25) is 4.79 Å². The van der Waals surface area contributed by atoms with Crippen molar-refractivity contribution >= 4 is 17.7 Å². The van der Waals surface area contributed by atoms with Gasteiger partial charge < -0.3 is 20.5 Å². The zero-order valence-electron chi connectivity index (χ0n) is 11.8. The molecular weight excluding hydrogens is 262 g/mol. The number of urea groups is 1. The number of carbonyl (C=O) groups is 2. The minimum absolute atomic E-state index is 0.165. The van der Waals surface area contributed by atoms with Crippen molar-refractivity contribution in [2.45, 2.75) is 32.7 Å². The average Bonchev–Trinajstić information content (AvgIpc) is 2.29. The number of hydrogen-bond donors (Lipinski definition) is 3. The van der Waals surface area contributed by atoms with Gasteiger partial charge in [0.1, 0.15) is 0 Å². The second-order valence-corrected chi connectivity index (χ2v) is 4.85. The number of hydrogen-bond acceptors (Lipinski definition) is 4. The van der Waals surface area contributed by atoms with Crippen LogP contribution in [0.5, 0.6) is 5.88 Å². The second kappa shape index (κ2) is 6.74. The molecule has 0 fully saturated rings. The predicted octanol–water partition coefficient (Wildman–Crippen LogP) is 1.86. The quantitative estimate of drug-likeness (QED) is 0.738. The number of carboxylic acid groups (broad SMARTS) is 1. The first-order chi connectivity index (χ1) is 9.32. The summed E-state index contributed by atoms with van der Waals surface area (Å²) in [7, 11) is 0. The van der Waals surface area contributed by atoms with Crippen LogP contribution in [0.3, 0.4) is 0 Å². The van der Waals surface area contributed by atoms with E-state index in [1.807, 2.05) is 6.92 Å². The van der Waals surface area contributed by atoms with Gasteiger partial charge >= 0.3 is 12.0 Å². The van der Waals surface area contributed by atoms with Crippen molar-refractivity contribution in [2.24, 2.45) is 0 Å². The summed E-state index contributed by atoms with van der Waals surface area (Å²) in [6, 6.07) is 2.81. The Balaban J connectivity index is 2.55. The fourth-order valence-electron chi connectivity index (χ4n) is 1.58. The van der Waals surface area contributed by atoms with Crippen LogP contribution in [0.1, 0.15) is 27.2 Å². The molecule has 0 bridgehead atoms. The summed E-state index contributed by atoms with van der Waals surface area (Å²) >= 11 is 0. The Kier molecular flexibility index (Phi) is 5.31. The van der Waals surface area contributed by atoms with Crippen molar-refractivity contribution in [3.05, 3.63) is 18.3 Å². The summed E-state index contributed by atoms with van der Waals surface area (Å²) in [5, 5.41) is 13.9. The smallest absolute Gasteiger partial charge is 0.319 e. The molecule has 0 saturated heterocycles. The molecule has 7 nitrogen and oxygen atoms in total. The van der Waals surface area contributed by atoms with Crippen LogP contribution in [0.4, 0.5) is 10.5 Å². The molecular formula is C13H19N3O4. The van der Waals surface area contributed by atoms with Gasteiger partial charge in [-0.2, -0.15) is 0 Å². The average molecular weight is 281 g/mol. The van der Waals surface area contributed by atoms with Gasteiger partial charge in [-0.1, -0.05) is 0 Å². The van der Waals surface area contributed by atoms with Crippen LogP contribution in [0.15, 0.2) is 18.3 Å². The Morgan fingerprint density at radius 1 is 1.40 bits per heavy atom. The first-order valence-electron chi connectivity index (χ1n) is 6.22. The third-order valence-corrected chi connectivity index (χ3v) is 2.33. The molecule has 0 atom stereocenters. The Labute approximate surface area is 117 Å². The van der Waals surface area contributed by atoms with Crippen molar-refractivity contribution in [3.63, 3.8) is 0 Å². The summed E-state index contributed by atoms with van der Waals surface area (Å²) < 4.78 is 5.19. The van der Waals surface area contributed by atoms with E-state index in [9.17, 15) is 9.59 Å². The van der Waals surface area contributed by atoms with Gasteiger partial charge in [0.2, 0.25) is 5.88 Å². The van der Waals surface area contributed by atoms with E-state index in [1.54, 1.807) is 26.0 Å². The van der Waals surface area contributed by atoms with Crippen molar-refractivity contribution < 1.29 is 19.4 Å². The molecule has 2 amide bonds. The maximum absolute atomic E-state index is 11.7. The van der Waals surface area contributed by atoms with Crippen molar-refractivity contribution in [3.8, 4) is 5.88 Å². The number of aliphatic carboxylic acids is 1. The fourth-order valence-corrected chi connectivity index (χ4v) is 1.58. The zero-order valence-corrected chi connectivity index (χ0v) is 11.8. The van der Waals surface area contributed by atoms with E-state index >= 15 is 0 Å². The lowest BCUT2D eigenvalue weighted by atomic mass is 10.0. The number of anilines is 1. The van der Waals surface area contributed by atoms with Crippen LogP contribution in [-0.2, 0) is 4.79 Å². The lowest BCUT2D eigenvalue weighted by Gasteiger charge is -2.24. The van der Waals surface area contributed by atoms with Crippen molar-refractivity contribution in [1.82, 2.24) is 10.3 Å². The van der Waals surface area contributed by atoms with Gasteiger partial charge in [-0.05, 0) is 26.8 Å². The highest BCUT2D eigenvalue weighted by molar-refractivity contribution is 5.89. The summed E-state index contributed by atoms with van der Waals surface area (Å²) in [4.78, 5) is 26.4. The van der Waals surface area contributed by atoms with Gasteiger partial charge in [0.05, 0.1) is 24.9 Å². The lowest BCUT2D eigenvalue weighted by molar-refractivity contribution is -0.138. The summed E-state index contributed by atoms with van der Waals surface area (Å²) in [5.41, 5.74) is -0.341. The third-order valence-electron chi connectivity index (χ3n) is 2.33. The van der Waals surface area contributed by atoms with E-state index in [0.29, 0.717) is 18.2 Å². The number of nitrogens with one attached hydrogen (secondary N) is 2. The summed E-state index contributed by atoms with van der Waals surface area (Å²) in [6.07, 6.45) is 1.30. The molecule has 0 unspecified atom stereocenters. The van der Waals surface area contributed by atoms with E-state index in [2.05, 4.69) is 15.6 Å². The minimum atomic E-state index is -0.974. The second-order valence-electron chi connectivity index (χ2n) is 4.85. The Hall–Kier alpha value is -2.31. The largest absolute Gasteiger partial charge is 0.481 e. The van der Waals surface area contributed by atoms with Gasteiger partial charge in [0, 0.05) is 11.6 Å². The zero-order chi connectivity index (χ0) is 15.2. The molecule has 1 rings (SSSR count). The highest BCUT2D eigenvalue weighted by Gasteiger charge is 2.23. The number of carbonyl (C=O) groups excluding carboxylic acids is 1. The fraction of sp³-hybridized carbons (Fsp3) is 0.462. The minimum Gasteiger partial charge on any atom is -0.481 e. The molecule has 1 heterocycles. The highest BCUT2D eigenvalue weighted by atomic mass is 16.5. The molecule has 0 aromatic carbocycles. The van der Waals surface area contributed by atoms with Gasteiger partial charge in [-0.25, -0.2) is 9.78 Å². The van der Waals surface area contributed by atoms with Crippen LogP contribution in [0.25, 0.3) is 0 Å². The lowest BCUT2D eigenvalue weighted by Crippen LogP contribution is -2.46. The molecule has 20 heavy (non-hydrogen) atoms. The van der Waals surface area contributed by atoms with E-state index in [1.165, 1.54) is 6.20 Å². The standard InChI is InChI=1S/C13H19N3O4/c1-4-20-10-6-5-9(8-14-10)15-12(19)16-13(2,3)7-11(17)18/h5-6,8H,4,7H2,1-3H3,(H,17,18)(H2,15,16,19). The monoisotopic (exact) mass is 281 g/mol. The van der Waals surface area contributed by atoms with Crippen molar-refractivity contribution in [2.75, 3.05) is 11.9 Å². The number of pyridine rings is 1. The number of nitrogens with zero attached hydrogens (tertiary/aromatic N) is 1. The van der Waals surface area contributed by atoms with E-state index in [4.69, 9.17) is 9.84 Å². The van der Waals surface area contributed by atoms with Crippen LogP contribution in [0, 0.1) is 0 Å². The molecule has 0 spiro atoms. The maximum Gasteiger partial charge on any atom is 0.319 e. The Morgan fingerprint density at radius 3 is 2.60 bits per heavy atom. The number of ether oxygens (including phenoxy) is 1. The normalized spacial score (nSPS) is 10.8. The van der Waals surface area contributed by atoms with Gasteiger partial charge in [0.15, 0.2) is 0 Å². The molecule has 110 valence electrons. The molecule has 0 saturated carbocycles. The first-order valence-corrected chi connectivity index (χ1v) is 6.22. The SMILES string of the molecule is CCOc1ccc(NC(=O)NC(C)(C)CC(=O)O)cn1. The van der Waals surface area contributed by atoms with E-state index < -0.39 is 17.5 Å². The third kappa shape index (κ3) is 5.55. The first kappa shape index (κ1) is 15.7. The summed E-state index contributed by atoms with van der Waals surface area (Å²) in [5.74, 6) is -0.498. The Bertz CT molecular complexity index is 471. The van der Waals surface area contributed by atoms with E-state index in [-0.39, 0.29) is 6.42 Å². The molecule has 0 aliphatic rings. The van der Waals surface area contributed by atoms with Crippen molar-refractivity contribution in [1.29, 1.82) is 0 Å². The molecule has 7 heteroatoms. The highest BCUT2D eigenvalue weighted by Crippen LogP contribution is 2.12. The number of aromatic nitrogens is 1. The summed E-state index contributed by atoms with van der Waals surface area (Å²) in [6.45, 7) is 5.64. The molecule has 0 aliphatic carbocycles. The number of carboxylic acids is 1. The van der Waals surface area contributed by atoms with Gasteiger partial charge in [-0.15, -0.1) is 0 Å². The van der Waals surface area contributed by atoms with E-state index in [0.717, 1.165) is 0 Å². The van der Waals surface area contributed by atoms with Gasteiger partial charge in [0.25, 0.3) is 0 Å². The topological polar surface area (TPSA) is 101 Å². The molecule has 0 radical (unpaired) electrons. The van der Waals surface area contributed by atoms with Crippen LogP contribution >= 0.6 is 0 Å². The number of rotatable bonds is 6. The number of amides is 2.